The molecule has 3 heterocycles. The lowest BCUT2D eigenvalue weighted by molar-refractivity contribution is -0.137. The van der Waals surface area contributed by atoms with Crippen LogP contribution in [0.15, 0.2) is 55.1 Å². The number of anilines is 3. The number of alkyl halides is 3. The van der Waals surface area contributed by atoms with Crippen LogP contribution < -0.4 is 9.80 Å². The minimum Gasteiger partial charge on any atom is -0.369 e. The minimum absolute atomic E-state index is 0.158. The van der Waals surface area contributed by atoms with Gasteiger partial charge in [-0.05, 0) is 74.4 Å². The van der Waals surface area contributed by atoms with E-state index < -0.39 is 11.7 Å². The third-order valence-electron chi connectivity index (χ3n) is 6.54. The van der Waals surface area contributed by atoms with Gasteiger partial charge in [-0.3, -0.25) is 4.98 Å². The third kappa shape index (κ3) is 4.65. The molecule has 0 radical (unpaired) electrons. The van der Waals surface area contributed by atoms with Gasteiger partial charge in [0, 0.05) is 31.0 Å². The van der Waals surface area contributed by atoms with E-state index in [1.165, 1.54) is 17.7 Å². The average Bonchev–Trinajstić information content (AvgIpc) is 3.66. The highest BCUT2D eigenvalue weighted by Gasteiger charge is 2.34. The first-order chi connectivity index (χ1) is 15.9. The Morgan fingerprint density at radius 3 is 2.18 bits per heavy atom. The van der Waals surface area contributed by atoms with Crippen molar-refractivity contribution < 1.29 is 13.2 Å². The Morgan fingerprint density at radius 1 is 0.909 bits per heavy atom. The number of hydrogen-bond donors (Lipinski definition) is 0. The molecule has 3 aromatic rings. The Labute approximate surface area is 191 Å². The third-order valence-corrected chi connectivity index (χ3v) is 6.54. The Balaban J connectivity index is 1.44. The second kappa shape index (κ2) is 8.65. The van der Waals surface area contributed by atoms with Crippen molar-refractivity contribution in [3.63, 3.8) is 0 Å². The Bertz CT molecular complexity index is 1090. The summed E-state index contributed by atoms with van der Waals surface area (Å²) in [5.74, 6) is 1.25. The number of aromatic nitrogens is 3. The molecule has 1 aliphatic heterocycles. The Morgan fingerprint density at radius 2 is 1.58 bits per heavy atom. The summed E-state index contributed by atoms with van der Waals surface area (Å²) in [7, 11) is 0. The van der Waals surface area contributed by atoms with Crippen LogP contribution in [0.1, 0.15) is 48.6 Å². The molecule has 0 spiro atoms. The fraction of sp³-hybridized carbons (Fsp3) is 0.400. The molecule has 172 valence electrons. The summed E-state index contributed by atoms with van der Waals surface area (Å²) in [6.45, 7) is 3.52. The molecule has 8 heteroatoms. The molecule has 2 aromatic heterocycles. The van der Waals surface area contributed by atoms with Crippen molar-refractivity contribution in [3.05, 3.63) is 72.1 Å². The van der Waals surface area contributed by atoms with E-state index in [-0.39, 0.29) is 6.04 Å². The molecule has 1 saturated heterocycles. The van der Waals surface area contributed by atoms with Crippen LogP contribution >= 0.6 is 0 Å². The largest absolute Gasteiger partial charge is 0.416 e. The first-order valence-electron chi connectivity index (χ1n) is 11.3. The molecule has 0 unspecified atom stereocenters. The topological polar surface area (TPSA) is 45.2 Å². The van der Waals surface area contributed by atoms with E-state index in [4.69, 9.17) is 0 Å². The van der Waals surface area contributed by atoms with Crippen molar-refractivity contribution in [2.45, 2.75) is 50.7 Å². The van der Waals surface area contributed by atoms with Gasteiger partial charge in [-0.25, -0.2) is 9.97 Å². The summed E-state index contributed by atoms with van der Waals surface area (Å²) < 4.78 is 39.5. The maximum Gasteiger partial charge on any atom is 0.416 e. The lowest BCUT2D eigenvalue weighted by Crippen LogP contribution is -2.43. The van der Waals surface area contributed by atoms with Gasteiger partial charge in [0.2, 0.25) is 0 Å². The highest BCUT2D eigenvalue weighted by atomic mass is 19.4. The number of rotatable bonds is 5. The summed E-state index contributed by atoms with van der Waals surface area (Å²) in [4.78, 5) is 17.5. The van der Waals surface area contributed by atoms with Crippen LogP contribution in [-0.4, -0.2) is 34.1 Å². The molecule has 2 aliphatic rings. The molecular formula is C25H26F3N5. The summed E-state index contributed by atoms with van der Waals surface area (Å²) in [6, 6.07) is 7.75. The average molecular weight is 454 g/mol. The number of piperidine rings is 1. The van der Waals surface area contributed by atoms with E-state index in [9.17, 15) is 13.2 Å². The minimum atomic E-state index is -4.35. The van der Waals surface area contributed by atoms with Gasteiger partial charge in [0.25, 0.3) is 0 Å². The van der Waals surface area contributed by atoms with Crippen molar-refractivity contribution in [2.75, 3.05) is 22.9 Å². The molecule has 5 nitrogen and oxygen atoms in total. The van der Waals surface area contributed by atoms with E-state index in [1.54, 1.807) is 12.1 Å². The Hall–Kier alpha value is -3.16. The van der Waals surface area contributed by atoms with E-state index in [2.05, 4.69) is 30.8 Å². The van der Waals surface area contributed by atoms with E-state index in [0.717, 1.165) is 61.7 Å². The second-order valence-electron chi connectivity index (χ2n) is 8.83. The van der Waals surface area contributed by atoms with E-state index in [1.807, 2.05) is 31.7 Å². The normalized spacial score (nSPS) is 17.3. The SMILES string of the molecule is Cc1ncc(N2CCC(N(c3ccc(C(F)(F)F)cc3)c3cnccc3C3CC3)CC2)cn1. The van der Waals surface area contributed by atoms with Crippen molar-refractivity contribution in [1.29, 1.82) is 0 Å². The van der Waals surface area contributed by atoms with Crippen LogP contribution in [0.3, 0.4) is 0 Å². The number of halogens is 3. The molecule has 5 rings (SSSR count). The standard InChI is InChI=1S/C25H26F3N5/c1-17-30-14-22(15-31-17)32-12-9-21(10-13-32)33(20-6-4-19(5-7-20)25(26,27)28)24-16-29-11-8-23(24)18-2-3-18/h4-8,11,14-16,18,21H,2-3,9-10,12-13H2,1H3. The van der Waals surface area contributed by atoms with Gasteiger partial charge in [0.1, 0.15) is 5.82 Å². The molecule has 33 heavy (non-hydrogen) atoms. The number of aryl methyl sites for hydroxylation is 1. The van der Waals surface area contributed by atoms with Crippen molar-refractivity contribution in [2.24, 2.45) is 0 Å². The molecule has 1 saturated carbocycles. The quantitative estimate of drug-likeness (QED) is 0.483. The summed E-state index contributed by atoms with van der Waals surface area (Å²) >= 11 is 0. The molecule has 1 aromatic carbocycles. The van der Waals surface area contributed by atoms with Gasteiger partial charge in [-0.15, -0.1) is 0 Å². The first-order valence-corrected chi connectivity index (χ1v) is 11.3. The maximum atomic E-state index is 13.2. The van der Waals surface area contributed by atoms with Gasteiger partial charge >= 0.3 is 6.18 Å². The number of nitrogens with zero attached hydrogens (tertiary/aromatic N) is 5. The molecule has 1 aliphatic carbocycles. The van der Waals surface area contributed by atoms with Crippen LogP contribution in [-0.2, 0) is 6.18 Å². The monoisotopic (exact) mass is 453 g/mol. The van der Waals surface area contributed by atoms with Gasteiger partial charge in [-0.1, -0.05) is 0 Å². The van der Waals surface area contributed by atoms with Gasteiger partial charge < -0.3 is 9.80 Å². The van der Waals surface area contributed by atoms with Crippen LogP contribution in [0.4, 0.5) is 30.2 Å². The van der Waals surface area contributed by atoms with Gasteiger partial charge in [0.15, 0.2) is 0 Å². The molecular weight excluding hydrogens is 427 g/mol. The molecule has 0 bridgehead atoms. The second-order valence-corrected chi connectivity index (χ2v) is 8.83. The zero-order chi connectivity index (χ0) is 23.0. The van der Waals surface area contributed by atoms with Crippen LogP contribution in [0.25, 0.3) is 0 Å². The van der Waals surface area contributed by atoms with Crippen LogP contribution in [0.2, 0.25) is 0 Å². The highest BCUT2D eigenvalue weighted by Crippen LogP contribution is 2.46. The zero-order valence-electron chi connectivity index (χ0n) is 18.5. The van der Waals surface area contributed by atoms with Gasteiger partial charge in [0.05, 0.1) is 35.5 Å². The predicted octanol–water partition coefficient (Wildman–Crippen LogP) is 5.88. The number of hydrogen-bond acceptors (Lipinski definition) is 5. The summed E-state index contributed by atoms with van der Waals surface area (Å²) in [5, 5.41) is 0. The van der Waals surface area contributed by atoms with Crippen LogP contribution in [0, 0.1) is 6.92 Å². The molecule has 0 amide bonds. The van der Waals surface area contributed by atoms with Crippen molar-refractivity contribution >= 4 is 17.1 Å². The van der Waals surface area contributed by atoms with Gasteiger partial charge in [-0.2, -0.15) is 13.2 Å². The zero-order valence-corrected chi connectivity index (χ0v) is 18.5. The highest BCUT2D eigenvalue weighted by molar-refractivity contribution is 5.68. The lowest BCUT2D eigenvalue weighted by atomic mass is 9.99. The van der Waals surface area contributed by atoms with E-state index >= 15 is 0 Å². The summed E-state index contributed by atoms with van der Waals surface area (Å²) in [5.41, 5.74) is 3.39. The Kier molecular flexibility index (Phi) is 5.68. The van der Waals surface area contributed by atoms with Crippen molar-refractivity contribution in [1.82, 2.24) is 15.0 Å². The fourth-order valence-corrected chi connectivity index (χ4v) is 4.63. The first kappa shape index (κ1) is 21.7. The molecule has 2 fully saturated rings. The van der Waals surface area contributed by atoms with Crippen molar-refractivity contribution in [3.8, 4) is 0 Å². The lowest BCUT2D eigenvalue weighted by Gasteiger charge is -2.41. The van der Waals surface area contributed by atoms with E-state index in [0.29, 0.717) is 5.92 Å². The molecule has 0 N–H and O–H groups in total. The maximum absolute atomic E-state index is 13.2. The summed E-state index contributed by atoms with van der Waals surface area (Å²) in [6.07, 6.45) is 7.05. The molecule has 0 atom stereocenters. The number of benzene rings is 1. The fourth-order valence-electron chi connectivity index (χ4n) is 4.63. The van der Waals surface area contributed by atoms with Crippen LogP contribution in [0.5, 0.6) is 0 Å². The number of pyridine rings is 1. The predicted molar refractivity (Wildman–Crippen MR) is 122 cm³/mol. The smallest absolute Gasteiger partial charge is 0.369 e.